The Morgan fingerprint density at radius 2 is 1.84 bits per heavy atom. The number of phenols is 1. The van der Waals surface area contributed by atoms with E-state index in [1.54, 1.807) is 6.07 Å². The smallest absolute Gasteiger partial charge is 0.416 e. The molecule has 0 aliphatic heterocycles. The zero-order chi connectivity index (χ0) is 27.3. The number of aromatic nitrogens is 1. The fourth-order valence-corrected chi connectivity index (χ4v) is 4.38. The molecule has 1 aromatic heterocycles. The molecular formula is C26H24F3N5O3S. The molecule has 3 N–H and O–H groups in total. The average molecular weight is 544 g/mol. The van der Waals surface area contributed by atoms with Crippen LogP contribution >= 0.6 is 11.3 Å². The summed E-state index contributed by atoms with van der Waals surface area (Å²) in [6, 6.07) is 14.4. The molecule has 0 aliphatic rings. The maximum Gasteiger partial charge on any atom is 0.416 e. The largest absolute Gasteiger partial charge is 0.507 e. The summed E-state index contributed by atoms with van der Waals surface area (Å²) < 4.78 is 44.5. The predicted octanol–water partition coefficient (Wildman–Crippen LogP) is 5.82. The highest BCUT2D eigenvalue weighted by molar-refractivity contribution is 7.22. The lowest BCUT2D eigenvalue weighted by Crippen LogP contribution is -2.24. The number of rotatable bonds is 8. The van der Waals surface area contributed by atoms with Crippen LogP contribution in [0.5, 0.6) is 11.5 Å². The normalized spacial score (nSPS) is 11.8. The molecule has 0 aliphatic carbocycles. The quantitative estimate of drug-likeness (QED) is 0.192. The second kappa shape index (κ2) is 11.5. The van der Waals surface area contributed by atoms with Crippen molar-refractivity contribution in [2.24, 2.45) is 5.10 Å². The predicted molar refractivity (Wildman–Crippen MR) is 141 cm³/mol. The molecule has 0 saturated heterocycles. The van der Waals surface area contributed by atoms with Crippen molar-refractivity contribution in [3.8, 4) is 11.5 Å². The van der Waals surface area contributed by atoms with Crippen molar-refractivity contribution in [2.75, 3.05) is 19.4 Å². The van der Waals surface area contributed by atoms with Crippen LogP contribution in [0.3, 0.4) is 0 Å². The van der Waals surface area contributed by atoms with E-state index in [1.807, 2.05) is 32.3 Å². The molecule has 198 valence electrons. The summed E-state index contributed by atoms with van der Waals surface area (Å²) in [5.41, 5.74) is 4.37. The second-order valence-corrected chi connectivity index (χ2v) is 9.62. The van der Waals surface area contributed by atoms with Crippen molar-refractivity contribution in [3.05, 3.63) is 82.9 Å². The van der Waals surface area contributed by atoms with Gasteiger partial charge in [0.1, 0.15) is 18.1 Å². The molecule has 0 spiro atoms. The van der Waals surface area contributed by atoms with E-state index in [4.69, 9.17) is 4.74 Å². The molecule has 4 rings (SSSR count). The minimum absolute atomic E-state index is 0.0233. The van der Waals surface area contributed by atoms with E-state index in [0.717, 1.165) is 34.5 Å². The zero-order valence-electron chi connectivity index (χ0n) is 20.4. The number of benzene rings is 3. The Hall–Kier alpha value is -4.16. The Balaban J connectivity index is 1.29. The fourth-order valence-electron chi connectivity index (χ4n) is 3.45. The summed E-state index contributed by atoms with van der Waals surface area (Å²) in [5.74, 6) is 0.162. The lowest BCUT2D eigenvalue weighted by atomic mass is 10.1. The first-order chi connectivity index (χ1) is 18.1. The minimum Gasteiger partial charge on any atom is -0.507 e. The Bertz CT molecular complexity index is 1450. The van der Waals surface area contributed by atoms with Gasteiger partial charge in [0.2, 0.25) is 0 Å². The summed E-state index contributed by atoms with van der Waals surface area (Å²) in [6.45, 7) is 0.820. The van der Waals surface area contributed by atoms with Crippen LogP contribution in [0.4, 0.5) is 23.1 Å². The van der Waals surface area contributed by atoms with E-state index in [1.165, 1.54) is 41.8 Å². The van der Waals surface area contributed by atoms with Crippen molar-refractivity contribution in [2.45, 2.75) is 19.3 Å². The Morgan fingerprint density at radius 1 is 1.11 bits per heavy atom. The summed E-state index contributed by atoms with van der Waals surface area (Å²) in [4.78, 5) is 18.7. The standard InChI is InChI=1S/C26H24F3N5O3S/c1-34(2)14-17-5-10-21-23(11-17)38-25(31-21)32-24(36)33-30-13-18-6-9-20(12-22(18)35)37-15-16-3-7-19(8-4-16)26(27,28)29/h3-13,35H,14-15H2,1-2H3,(H2,31,32,33,36)/b30-13+. The van der Waals surface area contributed by atoms with E-state index in [9.17, 15) is 23.1 Å². The van der Waals surface area contributed by atoms with E-state index in [-0.39, 0.29) is 12.4 Å². The van der Waals surface area contributed by atoms with Gasteiger partial charge < -0.3 is 14.7 Å². The van der Waals surface area contributed by atoms with Gasteiger partial charge in [0.25, 0.3) is 0 Å². The van der Waals surface area contributed by atoms with Crippen molar-refractivity contribution in [1.29, 1.82) is 0 Å². The number of urea groups is 1. The monoisotopic (exact) mass is 543 g/mol. The molecule has 8 nitrogen and oxygen atoms in total. The molecular weight excluding hydrogens is 519 g/mol. The van der Waals surface area contributed by atoms with Gasteiger partial charge in [0.05, 0.1) is 22.0 Å². The van der Waals surface area contributed by atoms with Crippen molar-refractivity contribution >= 4 is 38.9 Å². The number of alkyl halides is 3. The number of phenolic OH excluding ortho intramolecular Hbond substituents is 1. The number of hydrogen-bond acceptors (Lipinski definition) is 7. The number of nitrogens with one attached hydrogen (secondary N) is 2. The van der Waals surface area contributed by atoms with Gasteiger partial charge in [0, 0.05) is 18.2 Å². The number of thiazole rings is 1. The van der Waals surface area contributed by atoms with Crippen LogP contribution in [0, 0.1) is 0 Å². The van der Waals surface area contributed by atoms with Gasteiger partial charge in [0.15, 0.2) is 5.13 Å². The highest BCUT2D eigenvalue weighted by Crippen LogP contribution is 2.30. The zero-order valence-corrected chi connectivity index (χ0v) is 21.2. The average Bonchev–Trinajstić information content (AvgIpc) is 3.24. The number of amides is 2. The first-order valence-electron chi connectivity index (χ1n) is 11.3. The van der Waals surface area contributed by atoms with Crippen LogP contribution < -0.4 is 15.5 Å². The van der Waals surface area contributed by atoms with Crippen LogP contribution in [0.1, 0.15) is 22.3 Å². The molecule has 1 heterocycles. The van der Waals surface area contributed by atoms with Crippen molar-refractivity contribution in [3.63, 3.8) is 0 Å². The van der Waals surface area contributed by atoms with Crippen LogP contribution in [0.2, 0.25) is 0 Å². The lowest BCUT2D eigenvalue weighted by Gasteiger charge is -2.10. The number of hydrogen-bond donors (Lipinski definition) is 3. The van der Waals surface area contributed by atoms with Crippen LogP contribution in [-0.2, 0) is 19.3 Å². The molecule has 0 bridgehead atoms. The van der Waals surface area contributed by atoms with Crippen molar-refractivity contribution in [1.82, 2.24) is 15.3 Å². The third-order valence-electron chi connectivity index (χ3n) is 5.23. The molecule has 4 aromatic rings. The molecule has 2 amide bonds. The van der Waals surface area contributed by atoms with E-state index in [0.29, 0.717) is 22.0 Å². The third-order valence-corrected chi connectivity index (χ3v) is 6.16. The topological polar surface area (TPSA) is 99.1 Å². The number of nitrogens with zero attached hydrogens (tertiary/aromatic N) is 3. The molecule has 0 fully saturated rings. The summed E-state index contributed by atoms with van der Waals surface area (Å²) >= 11 is 1.35. The third kappa shape index (κ3) is 7.20. The first-order valence-corrected chi connectivity index (χ1v) is 12.1. The van der Waals surface area contributed by atoms with Crippen LogP contribution in [0.25, 0.3) is 10.2 Å². The second-order valence-electron chi connectivity index (χ2n) is 8.59. The first kappa shape index (κ1) is 26.9. The summed E-state index contributed by atoms with van der Waals surface area (Å²) in [7, 11) is 3.98. The highest BCUT2D eigenvalue weighted by Gasteiger charge is 2.29. The number of ether oxygens (including phenoxy) is 1. The van der Waals surface area contributed by atoms with Gasteiger partial charge in [-0.1, -0.05) is 29.5 Å². The minimum atomic E-state index is -4.40. The van der Waals surface area contributed by atoms with Gasteiger partial charge in [-0.3, -0.25) is 5.32 Å². The summed E-state index contributed by atoms with van der Waals surface area (Å²) in [6.07, 6.45) is -3.13. The van der Waals surface area contributed by atoms with E-state index < -0.39 is 17.8 Å². The van der Waals surface area contributed by atoms with E-state index in [2.05, 4.69) is 25.7 Å². The van der Waals surface area contributed by atoms with Gasteiger partial charge in [-0.25, -0.2) is 15.2 Å². The SMILES string of the molecule is CN(C)Cc1ccc2nc(NC(=O)N/N=C/c3ccc(OCc4ccc(C(F)(F)F)cc4)cc3O)sc2c1. The van der Waals surface area contributed by atoms with Crippen LogP contribution in [0.15, 0.2) is 65.8 Å². The van der Waals surface area contributed by atoms with E-state index >= 15 is 0 Å². The summed E-state index contributed by atoms with van der Waals surface area (Å²) in [5, 5.41) is 17.1. The fraction of sp³-hybridized carbons (Fsp3) is 0.192. The van der Waals surface area contributed by atoms with Gasteiger partial charge in [-0.05, 0) is 61.6 Å². The number of halogens is 3. The maximum absolute atomic E-state index is 12.7. The molecule has 3 aromatic carbocycles. The number of hydrazone groups is 1. The number of carbonyl (C=O) groups excluding carboxylic acids is 1. The van der Waals surface area contributed by atoms with Gasteiger partial charge >= 0.3 is 12.2 Å². The number of aromatic hydroxyl groups is 1. The molecule has 12 heteroatoms. The maximum atomic E-state index is 12.7. The Kier molecular flexibility index (Phi) is 8.13. The highest BCUT2D eigenvalue weighted by atomic mass is 32.1. The van der Waals surface area contributed by atoms with Crippen LogP contribution in [-0.4, -0.2) is 41.3 Å². The van der Waals surface area contributed by atoms with Gasteiger partial charge in [-0.2, -0.15) is 18.3 Å². The lowest BCUT2D eigenvalue weighted by molar-refractivity contribution is -0.137. The number of anilines is 1. The molecule has 0 unspecified atom stereocenters. The number of fused-ring (bicyclic) bond motifs is 1. The Labute approximate surface area is 220 Å². The molecule has 0 atom stereocenters. The Morgan fingerprint density at radius 3 is 2.53 bits per heavy atom. The number of carbonyl (C=O) groups is 1. The molecule has 0 radical (unpaired) electrons. The molecule has 0 saturated carbocycles. The molecule has 38 heavy (non-hydrogen) atoms. The van der Waals surface area contributed by atoms with Crippen molar-refractivity contribution < 1.29 is 27.8 Å². The van der Waals surface area contributed by atoms with Gasteiger partial charge in [-0.15, -0.1) is 0 Å².